The average Bonchev–Trinajstić information content (AvgIpc) is 3.25. The third-order valence-corrected chi connectivity index (χ3v) is 4.27. The lowest BCUT2D eigenvalue weighted by Crippen LogP contribution is -2.28. The van der Waals surface area contributed by atoms with Gasteiger partial charge in [-0.25, -0.2) is 4.98 Å². The van der Waals surface area contributed by atoms with Crippen molar-refractivity contribution in [2.75, 3.05) is 18.4 Å². The molecule has 0 aliphatic rings. The highest BCUT2D eigenvalue weighted by Gasteiger charge is 2.11. The molecule has 0 saturated carbocycles. The van der Waals surface area contributed by atoms with Crippen LogP contribution in [-0.2, 0) is 6.61 Å². The van der Waals surface area contributed by atoms with E-state index >= 15 is 0 Å². The molecule has 0 radical (unpaired) electrons. The van der Waals surface area contributed by atoms with Crippen LogP contribution >= 0.6 is 0 Å². The molecule has 0 unspecified atom stereocenters. The second-order valence-electron chi connectivity index (χ2n) is 6.34. The summed E-state index contributed by atoms with van der Waals surface area (Å²) in [7, 11) is 0. The van der Waals surface area contributed by atoms with E-state index in [9.17, 15) is 4.79 Å². The summed E-state index contributed by atoms with van der Waals surface area (Å²) in [5, 5.41) is 8.13. The number of aromatic nitrogens is 2. The van der Waals surface area contributed by atoms with Crippen molar-refractivity contribution in [3.05, 3.63) is 84.7 Å². The largest absolute Gasteiger partial charge is 0.486 e. The molecule has 0 aliphatic carbocycles. The minimum atomic E-state index is -0.275. The van der Waals surface area contributed by atoms with E-state index in [1.54, 1.807) is 30.7 Å². The summed E-state index contributed by atoms with van der Waals surface area (Å²) >= 11 is 0. The topological polar surface area (TPSA) is 89.3 Å². The highest BCUT2D eigenvalue weighted by molar-refractivity contribution is 5.91. The first kappa shape index (κ1) is 18.5. The number of rotatable bonds is 8. The Labute approximate surface area is 167 Å². The molecule has 29 heavy (non-hydrogen) atoms. The SMILES string of the molecule is O=C(NCCNc1cnccn1)c1ccc(COc2ccc3ccccc3c2)o1. The van der Waals surface area contributed by atoms with Crippen LogP contribution in [0.5, 0.6) is 5.75 Å². The fourth-order valence-electron chi connectivity index (χ4n) is 2.83. The summed E-state index contributed by atoms with van der Waals surface area (Å²) in [5.74, 6) is 1.97. The number of furan rings is 1. The van der Waals surface area contributed by atoms with Gasteiger partial charge in [-0.2, -0.15) is 0 Å². The minimum Gasteiger partial charge on any atom is -0.486 e. The predicted molar refractivity (Wildman–Crippen MR) is 110 cm³/mol. The van der Waals surface area contributed by atoms with Gasteiger partial charge in [0.25, 0.3) is 5.91 Å². The van der Waals surface area contributed by atoms with Crippen LogP contribution in [0.4, 0.5) is 5.82 Å². The van der Waals surface area contributed by atoms with E-state index in [-0.39, 0.29) is 18.3 Å². The number of anilines is 1. The fourth-order valence-corrected chi connectivity index (χ4v) is 2.83. The Bertz CT molecular complexity index is 1100. The molecule has 7 heteroatoms. The van der Waals surface area contributed by atoms with Crippen molar-refractivity contribution in [2.45, 2.75) is 6.61 Å². The molecule has 1 amide bonds. The first-order valence-corrected chi connectivity index (χ1v) is 9.26. The maximum absolute atomic E-state index is 12.2. The quantitative estimate of drug-likeness (QED) is 0.448. The lowest BCUT2D eigenvalue weighted by Gasteiger charge is -2.06. The van der Waals surface area contributed by atoms with Crippen molar-refractivity contribution in [1.29, 1.82) is 0 Å². The molecule has 2 aromatic carbocycles. The van der Waals surface area contributed by atoms with Crippen LogP contribution in [0.15, 0.2) is 77.6 Å². The zero-order valence-electron chi connectivity index (χ0n) is 15.7. The summed E-state index contributed by atoms with van der Waals surface area (Å²) in [6.07, 6.45) is 4.83. The van der Waals surface area contributed by atoms with Crippen LogP contribution in [-0.4, -0.2) is 29.0 Å². The van der Waals surface area contributed by atoms with Gasteiger partial charge in [0, 0.05) is 25.5 Å². The Kier molecular flexibility index (Phi) is 5.66. The van der Waals surface area contributed by atoms with E-state index in [0.717, 1.165) is 16.5 Å². The van der Waals surface area contributed by atoms with Gasteiger partial charge in [0.2, 0.25) is 0 Å². The highest BCUT2D eigenvalue weighted by atomic mass is 16.5. The molecule has 0 spiro atoms. The third-order valence-electron chi connectivity index (χ3n) is 4.27. The molecule has 0 atom stereocenters. The summed E-state index contributed by atoms with van der Waals surface area (Å²) in [5.41, 5.74) is 0. The van der Waals surface area contributed by atoms with Gasteiger partial charge < -0.3 is 19.8 Å². The summed E-state index contributed by atoms with van der Waals surface area (Å²) < 4.78 is 11.4. The van der Waals surface area contributed by atoms with Crippen molar-refractivity contribution >= 4 is 22.5 Å². The third kappa shape index (κ3) is 4.90. The van der Waals surface area contributed by atoms with Gasteiger partial charge in [0.15, 0.2) is 5.76 Å². The van der Waals surface area contributed by atoms with E-state index in [0.29, 0.717) is 24.7 Å². The van der Waals surface area contributed by atoms with Gasteiger partial charge in [0.05, 0.1) is 6.20 Å². The van der Waals surface area contributed by atoms with Crippen molar-refractivity contribution in [3.63, 3.8) is 0 Å². The lowest BCUT2D eigenvalue weighted by molar-refractivity contribution is 0.0923. The number of hydrogen-bond acceptors (Lipinski definition) is 6. The Balaban J connectivity index is 1.25. The first-order chi connectivity index (χ1) is 14.3. The van der Waals surface area contributed by atoms with Crippen LogP contribution in [0.2, 0.25) is 0 Å². The van der Waals surface area contributed by atoms with Gasteiger partial charge in [-0.3, -0.25) is 9.78 Å². The monoisotopic (exact) mass is 388 g/mol. The minimum absolute atomic E-state index is 0.250. The number of amides is 1. The second kappa shape index (κ2) is 8.88. The Morgan fingerprint density at radius 3 is 2.76 bits per heavy atom. The normalized spacial score (nSPS) is 10.6. The smallest absolute Gasteiger partial charge is 0.287 e. The van der Waals surface area contributed by atoms with Crippen LogP contribution in [0, 0.1) is 0 Å². The number of ether oxygens (including phenoxy) is 1. The van der Waals surface area contributed by atoms with Crippen LogP contribution in [0.3, 0.4) is 0 Å². The maximum Gasteiger partial charge on any atom is 0.287 e. The van der Waals surface area contributed by atoms with Gasteiger partial charge in [-0.15, -0.1) is 0 Å². The summed E-state index contributed by atoms with van der Waals surface area (Å²) in [6.45, 7) is 1.21. The van der Waals surface area contributed by atoms with Crippen molar-refractivity contribution < 1.29 is 13.9 Å². The summed E-state index contributed by atoms with van der Waals surface area (Å²) in [4.78, 5) is 20.3. The molecular formula is C22H20N4O3. The zero-order chi connectivity index (χ0) is 19.9. The van der Waals surface area contributed by atoms with Crippen LogP contribution < -0.4 is 15.4 Å². The maximum atomic E-state index is 12.2. The van der Waals surface area contributed by atoms with Crippen molar-refractivity contribution in [1.82, 2.24) is 15.3 Å². The number of fused-ring (bicyclic) bond motifs is 1. The molecule has 2 heterocycles. The number of nitrogens with zero attached hydrogens (tertiary/aromatic N) is 2. The Morgan fingerprint density at radius 2 is 1.90 bits per heavy atom. The lowest BCUT2D eigenvalue weighted by atomic mass is 10.1. The van der Waals surface area contributed by atoms with E-state index in [1.807, 2.05) is 36.4 Å². The zero-order valence-corrected chi connectivity index (χ0v) is 15.7. The van der Waals surface area contributed by atoms with E-state index < -0.39 is 0 Å². The van der Waals surface area contributed by atoms with Crippen molar-refractivity contribution in [2.24, 2.45) is 0 Å². The van der Waals surface area contributed by atoms with E-state index in [1.165, 1.54) is 0 Å². The fraction of sp³-hybridized carbons (Fsp3) is 0.136. The average molecular weight is 388 g/mol. The molecular weight excluding hydrogens is 368 g/mol. The molecule has 0 saturated heterocycles. The van der Waals surface area contributed by atoms with E-state index in [2.05, 4.69) is 26.7 Å². The Hall–Kier alpha value is -3.87. The van der Waals surface area contributed by atoms with Crippen LogP contribution in [0.1, 0.15) is 16.3 Å². The molecule has 2 aromatic heterocycles. The van der Waals surface area contributed by atoms with E-state index in [4.69, 9.17) is 9.15 Å². The molecule has 2 N–H and O–H groups in total. The molecule has 0 bridgehead atoms. The molecule has 7 nitrogen and oxygen atoms in total. The number of benzene rings is 2. The standard InChI is InChI=1S/C22H20N4O3/c27-22(26-12-11-25-21-14-23-9-10-24-21)20-8-7-19(29-20)15-28-18-6-5-16-3-1-2-4-17(16)13-18/h1-10,13-14H,11-12,15H2,(H,24,25)(H,26,27). The van der Waals surface area contributed by atoms with Gasteiger partial charge >= 0.3 is 0 Å². The number of nitrogens with one attached hydrogen (secondary N) is 2. The molecule has 0 aliphatic heterocycles. The number of carbonyl (C=O) groups is 1. The highest BCUT2D eigenvalue weighted by Crippen LogP contribution is 2.21. The summed E-state index contributed by atoms with van der Waals surface area (Å²) in [6, 6.07) is 17.4. The van der Waals surface area contributed by atoms with Crippen LogP contribution in [0.25, 0.3) is 10.8 Å². The Morgan fingerprint density at radius 1 is 1.00 bits per heavy atom. The molecule has 146 valence electrons. The molecule has 4 aromatic rings. The second-order valence-corrected chi connectivity index (χ2v) is 6.34. The van der Waals surface area contributed by atoms with Gasteiger partial charge in [0.1, 0.15) is 23.9 Å². The first-order valence-electron chi connectivity index (χ1n) is 9.26. The molecule has 0 fully saturated rings. The van der Waals surface area contributed by atoms with Crippen molar-refractivity contribution in [3.8, 4) is 5.75 Å². The van der Waals surface area contributed by atoms with Gasteiger partial charge in [-0.05, 0) is 35.0 Å². The van der Waals surface area contributed by atoms with Gasteiger partial charge in [-0.1, -0.05) is 30.3 Å². The predicted octanol–water partition coefficient (Wildman–Crippen LogP) is 3.64. The number of carbonyl (C=O) groups excluding carboxylic acids is 1. The number of hydrogen-bond donors (Lipinski definition) is 2. The molecule has 4 rings (SSSR count).